The van der Waals surface area contributed by atoms with E-state index in [4.69, 9.17) is 0 Å². The van der Waals surface area contributed by atoms with Crippen LogP contribution in [0.2, 0.25) is 0 Å². The van der Waals surface area contributed by atoms with Gasteiger partial charge in [0.1, 0.15) is 5.56 Å². The Labute approximate surface area is 136 Å². The minimum atomic E-state index is -4.70. The van der Waals surface area contributed by atoms with Gasteiger partial charge in [0.05, 0.1) is 11.9 Å². The van der Waals surface area contributed by atoms with Gasteiger partial charge < -0.3 is 0 Å². The van der Waals surface area contributed by atoms with Crippen LogP contribution in [0.5, 0.6) is 0 Å². The third-order valence-electron chi connectivity index (χ3n) is 3.90. The van der Waals surface area contributed by atoms with E-state index in [1.54, 1.807) is 7.05 Å². The Bertz CT molecular complexity index is 886. The first-order chi connectivity index (χ1) is 11.1. The van der Waals surface area contributed by atoms with Crippen molar-refractivity contribution in [1.29, 1.82) is 0 Å². The van der Waals surface area contributed by atoms with E-state index in [-0.39, 0.29) is 5.56 Å². The van der Waals surface area contributed by atoms with E-state index in [0.717, 1.165) is 19.1 Å². The van der Waals surface area contributed by atoms with Gasteiger partial charge >= 0.3 is 6.18 Å². The van der Waals surface area contributed by atoms with Crippen LogP contribution < -0.4 is 0 Å². The summed E-state index contributed by atoms with van der Waals surface area (Å²) in [4.78, 5) is 7.08. The summed E-state index contributed by atoms with van der Waals surface area (Å²) in [5.41, 5.74) is -0.702. The molecule has 0 spiro atoms. The Morgan fingerprint density at radius 3 is 2.50 bits per heavy atom. The zero-order chi connectivity index (χ0) is 17.7. The van der Waals surface area contributed by atoms with E-state index in [2.05, 4.69) is 15.1 Å². The van der Waals surface area contributed by atoms with Crippen molar-refractivity contribution in [3.05, 3.63) is 23.7 Å². The number of alkyl halides is 3. The van der Waals surface area contributed by atoms with Gasteiger partial charge in [0.25, 0.3) is 0 Å². The van der Waals surface area contributed by atoms with E-state index in [0.29, 0.717) is 24.2 Å². The zero-order valence-corrected chi connectivity index (χ0v) is 13.8. The Morgan fingerprint density at radius 2 is 1.96 bits per heavy atom. The number of hydrogen-bond donors (Lipinski definition) is 0. The van der Waals surface area contributed by atoms with Gasteiger partial charge in [-0.05, 0) is 25.2 Å². The summed E-state index contributed by atoms with van der Waals surface area (Å²) in [6.45, 7) is 0. The van der Waals surface area contributed by atoms with Crippen LogP contribution in [0.3, 0.4) is 0 Å². The number of hydrogen-bond acceptors (Lipinski definition) is 5. The molecule has 2 aromatic heterocycles. The van der Waals surface area contributed by atoms with Gasteiger partial charge in [-0.15, -0.1) is 0 Å². The molecule has 10 heteroatoms. The normalized spacial score (nSPS) is 15.7. The van der Waals surface area contributed by atoms with Crippen LogP contribution in [0.15, 0.2) is 17.6 Å². The molecule has 6 nitrogen and oxygen atoms in total. The van der Waals surface area contributed by atoms with Crippen molar-refractivity contribution in [3.63, 3.8) is 0 Å². The van der Waals surface area contributed by atoms with Crippen molar-refractivity contribution in [3.8, 4) is 11.3 Å². The first-order valence-electron chi connectivity index (χ1n) is 7.23. The average molecular weight is 360 g/mol. The molecule has 0 radical (unpaired) electrons. The highest BCUT2D eigenvalue weighted by molar-refractivity contribution is 7.90. The van der Waals surface area contributed by atoms with Crippen LogP contribution in [-0.4, -0.2) is 34.4 Å². The van der Waals surface area contributed by atoms with Crippen LogP contribution >= 0.6 is 0 Å². The maximum Gasteiger partial charge on any atom is 0.419 e. The predicted octanol–water partition coefficient (Wildman–Crippen LogP) is 2.25. The maximum atomic E-state index is 13.3. The van der Waals surface area contributed by atoms with Crippen LogP contribution in [0.25, 0.3) is 11.3 Å². The quantitative estimate of drug-likeness (QED) is 0.782. The lowest BCUT2D eigenvalue weighted by molar-refractivity contribution is -0.137. The fourth-order valence-electron chi connectivity index (χ4n) is 2.46. The van der Waals surface area contributed by atoms with Gasteiger partial charge in [0.2, 0.25) is 15.0 Å². The zero-order valence-electron chi connectivity index (χ0n) is 13.0. The SMILES string of the molecule is Cn1ncc(-c2nc(S(C)(=O)=O)ncc2C(F)(F)F)c1CC1CC1. The van der Waals surface area contributed by atoms with E-state index >= 15 is 0 Å². The van der Waals surface area contributed by atoms with Gasteiger partial charge in [0, 0.05) is 30.8 Å². The summed E-state index contributed by atoms with van der Waals surface area (Å²) in [5, 5.41) is 3.40. The Kier molecular flexibility index (Phi) is 3.89. The average Bonchev–Trinajstić information content (AvgIpc) is 3.21. The first-order valence-corrected chi connectivity index (χ1v) is 9.12. The number of halogens is 3. The molecular weight excluding hydrogens is 345 g/mol. The summed E-state index contributed by atoms with van der Waals surface area (Å²) in [5.74, 6) is 0.421. The van der Waals surface area contributed by atoms with Gasteiger partial charge in [-0.2, -0.15) is 18.3 Å². The minimum absolute atomic E-state index is 0.198. The topological polar surface area (TPSA) is 77.7 Å². The number of aryl methyl sites for hydroxylation is 1. The molecule has 1 aliphatic carbocycles. The molecule has 130 valence electrons. The molecular formula is C14H15F3N4O2S. The molecule has 24 heavy (non-hydrogen) atoms. The fraction of sp³-hybridized carbons (Fsp3) is 0.500. The summed E-state index contributed by atoms with van der Waals surface area (Å²) >= 11 is 0. The first kappa shape index (κ1) is 16.9. The van der Waals surface area contributed by atoms with Crippen molar-refractivity contribution < 1.29 is 21.6 Å². The van der Waals surface area contributed by atoms with E-state index in [9.17, 15) is 21.6 Å². The molecule has 1 fully saturated rings. The summed E-state index contributed by atoms with van der Waals surface area (Å²) < 4.78 is 64.7. The van der Waals surface area contributed by atoms with Crippen molar-refractivity contribution in [2.24, 2.45) is 13.0 Å². The van der Waals surface area contributed by atoms with Crippen LogP contribution in [0.4, 0.5) is 13.2 Å². The molecule has 0 aromatic carbocycles. The van der Waals surface area contributed by atoms with Crippen molar-refractivity contribution in [2.45, 2.75) is 30.6 Å². The van der Waals surface area contributed by atoms with Crippen LogP contribution in [0.1, 0.15) is 24.1 Å². The third kappa shape index (κ3) is 3.28. The monoisotopic (exact) mass is 360 g/mol. The second-order valence-corrected chi connectivity index (χ2v) is 7.87. The third-order valence-corrected chi connectivity index (χ3v) is 4.76. The number of aromatic nitrogens is 4. The van der Waals surface area contributed by atoms with Crippen LogP contribution in [-0.2, 0) is 29.5 Å². The summed E-state index contributed by atoms with van der Waals surface area (Å²) in [6.07, 6.45) is 0.602. The predicted molar refractivity (Wildman–Crippen MR) is 78.8 cm³/mol. The lowest BCUT2D eigenvalue weighted by Gasteiger charge is -2.13. The standard InChI is InChI=1S/C14H15F3N4O2S/c1-21-11(5-8-3-4-8)9(6-19-21)12-10(14(15,16)17)7-18-13(20-12)24(2,22)23/h6-8H,3-5H2,1-2H3. The van der Waals surface area contributed by atoms with Gasteiger partial charge in [0.15, 0.2) is 0 Å². The smallest absolute Gasteiger partial charge is 0.272 e. The highest BCUT2D eigenvalue weighted by Gasteiger charge is 2.37. The molecule has 0 amide bonds. The lowest BCUT2D eigenvalue weighted by atomic mass is 10.0. The number of rotatable bonds is 4. The molecule has 1 saturated carbocycles. The van der Waals surface area contributed by atoms with Crippen molar-refractivity contribution >= 4 is 9.84 Å². The highest BCUT2D eigenvalue weighted by atomic mass is 32.2. The minimum Gasteiger partial charge on any atom is -0.272 e. The van der Waals surface area contributed by atoms with Crippen molar-refractivity contribution in [1.82, 2.24) is 19.7 Å². The molecule has 0 bridgehead atoms. The molecule has 0 saturated heterocycles. The maximum absolute atomic E-state index is 13.3. The van der Waals surface area contributed by atoms with Crippen molar-refractivity contribution in [2.75, 3.05) is 6.26 Å². The number of nitrogens with zero attached hydrogens (tertiary/aromatic N) is 4. The molecule has 0 atom stereocenters. The molecule has 0 N–H and O–H groups in total. The summed E-state index contributed by atoms with van der Waals surface area (Å²) in [7, 11) is -2.18. The second kappa shape index (κ2) is 5.54. The molecule has 2 heterocycles. The fourth-order valence-corrected chi connectivity index (χ4v) is 2.96. The molecule has 1 aliphatic rings. The largest absolute Gasteiger partial charge is 0.419 e. The van der Waals surface area contributed by atoms with Gasteiger partial charge in [-0.25, -0.2) is 18.4 Å². The van der Waals surface area contributed by atoms with E-state index in [1.807, 2.05) is 0 Å². The Morgan fingerprint density at radius 1 is 1.29 bits per heavy atom. The van der Waals surface area contributed by atoms with E-state index < -0.39 is 32.4 Å². The van der Waals surface area contributed by atoms with Gasteiger partial charge in [-0.3, -0.25) is 4.68 Å². The number of sulfone groups is 1. The molecule has 0 aliphatic heterocycles. The van der Waals surface area contributed by atoms with E-state index in [1.165, 1.54) is 10.9 Å². The summed E-state index contributed by atoms with van der Waals surface area (Å²) in [6, 6.07) is 0. The molecule has 2 aromatic rings. The second-order valence-electron chi connectivity index (χ2n) is 5.96. The van der Waals surface area contributed by atoms with Gasteiger partial charge in [-0.1, -0.05) is 0 Å². The van der Waals surface area contributed by atoms with Crippen LogP contribution in [0, 0.1) is 5.92 Å². The molecule has 3 rings (SSSR count). The Hall–Kier alpha value is -1.97. The Balaban J connectivity index is 2.21. The highest BCUT2D eigenvalue weighted by Crippen LogP contribution is 2.39. The lowest BCUT2D eigenvalue weighted by Crippen LogP contribution is -2.14. The molecule has 0 unspecified atom stereocenters.